The molecule has 5 heteroatoms. The predicted octanol–water partition coefficient (Wildman–Crippen LogP) is 15.9. The molecule has 0 bridgehead atoms. The number of rotatable bonds is 48. The van der Waals surface area contributed by atoms with Gasteiger partial charge >= 0.3 is 0 Å². The largest absolute Gasteiger partial charge is 0.394 e. The third kappa shape index (κ3) is 44.4. The number of amides is 1. The van der Waals surface area contributed by atoms with E-state index in [1.807, 2.05) is 6.08 Å². The first kappa shape index (κ1) is 57.6. The van der Waals surface area contributed by atoms with Crippen molar-refractivity contribution in [1.82, 2.24) is 5.32 Å². The normalized spacial score (nSPS) is 13.6. The lowest BCUT2D eigenvalue weighted by atomic mass is 10.0. The first-order chi connectivity index (χ1) is 29.1. The second kappa shape index (κ2) is 49.2. The zero-order valence-electron chi connectivity index (χ0n) is 39.6. The molecule has 59 heavy (non-hydrogen) atoms. The first-order valence-electron chi connectivity index (χ1n) is 26.3. The van der Waals surface area contributed by atoms with E-state index in [1.165, 1.54) is 218 Å². The number of aliphatic hydroxyl groups is 3. The smallest absolute Gasteiger partial charge is 0.249 e. The molecule has 0 saturated heterocycles. The molecule has 0 aromatic heterocycles. The summed E-state index contributed by atoms with van der Waals surface area (Å²) < 4.78 is 0. The zero-order chi connectivity index (χ0) is 43.0. The third-order valence-electron chi connectivity index (χ3n) is 12.2. The average molecular weight is 830 g/mol. The fourth-order valence-corrected chi connectivity index (χ4v) is 8.08. The van der Waals surface area contributed by atoms with Gasteiger partial charge in [-0.3, -0.25) is 4.79 Å². The molecule has 4 N–H and O–H groups in total. The van der Waals surface area contributed by atoms with Crippen LogP contribution in [-0.4, -0.2) is 46.1 Å². The van der Waals surface area contributed by atoms with E-state index in [9.17, 15) is 20.1 Å². The van der Waals surface area contributed by atoms with Crippen LogP contribution in [0.25, 0.3) is 0 Å². The van der Waals surface area contributed by atoms with Crippen LogP contribution in [0.2, 0.25) is 0 Å². The highest BCUT2D eigenvalue weighted by molar-refractivity contribution is 5.80. The van der Waals surface area contributed by atoms with Crippen molar-refractivity contribution in [3.05, 3.63) is 36.5 Å². The highest BCUT2D eigenvalue weighted by atomic mass is 16.3. The summed E-state index contributed by atoms with van der Waals surface area (Å²) >= 11 is 0. The summed E-state index contributed by atoms with van der Waals surface area (Å²) in [6, 6.07) is -0.811. The molecule has 0 heterocycles. The van der Waals surface area contributed by atoms with Crippen LogP contribution in [0.1, 0.15) is 277 Å². The lowest BCUT2D eigenvalue weighted by Gasteiger charge is -2.21. The Hall–Kier alpha value is -1.43. The van der Waals surface area contributed by atoms with E-state index in [1.54, 1.807) is 6.08 Å². The summed E-state index contributed by atoms with van der Waals surface area (Å²) in [5.41, 5.74) is 0. The molecule has 0 aliphatic heterocycles. The van der Waals surface area contributed by atoms with Gasteiger partial charge in [0.1, 0.15) is 6.10 Å². The van der Waals surface area contributed by atoms with Gasteiger partial charge < -0.3 is 20.6 Å². The van der Waals surface area contributed by atoms with Gasteiger partial charge in [-0.25, -0.2) is 0 Å². The Morgan fingerprint density at radius 2 is 0.695 bits per heavy atom. The number of hydrogen-bond acceptors (Lipinski definition) is 4. The predicted molar refractivity (Wildman–Crippen MR) is 259 cm³/mol. The minimum Gasteiger partial charge on any atom is -0.394 e. The lowest BCUT2D eigenvalue weighted by molar-refractivity contribution is -0.131. The summed E-state index contributed by atoms with van der Waals surface area (Å²) in [7, 11) is 0. The SMILES string of the molecule is CCCCC/C=C/CC/C=C/C(O)C(CO)NC(=O)C(O)CCCCCCCCCCCCCCCCCC/C=C\CCCCCCCCCCCCCCCCCC. The summed E-state index contributed by atoms with van der Waals surface area (Å²) in [4.78, 5) is 12.4. The molecule has 0 radical (unpaired) electrons. The molecule has 0 aliphatic rings. The second-order valence-electron chi connectivity index (χ2n) is 18.1. The monoisotopic (exact) mass is 830 g/mol. The molecule has 0 saturated carbocycles. The Bertz CT molecular complexity index is 916. The zero-order valence-corrected chi connectivity index (χ0v) is 39.6. The van der Waals surface area contributed by atoms with Crippen molar-refractivity contribution in [1.29, 1.82) is 0 Å². The Morgan fingerprint density at radius 1 is 0.407 bits per heavy atom. The quantitative estimate of drug-likeness (QED) is 0.0363. The second-order valence-corrected chi connectivity index (χ2v) is 18.1. The summed E-state index contributed by atoms with van der Waals surface area (Å²) in [6.07, 6.45) is 63.9. The van der Waals surface area contributed by atoms with Gasteiger partial charge in [-0.05, 0) is 57.8 Å². The van der Waals surface area contributed by atoms with Crippen molar-refractivity contribution in [2.24, 2.45) is 0 Å². The van der Waals surface area contributed by atoms with E-state index in [0.717, 1.165) is 38.5 Å². The van der Waals surface area contributed by atoms with Crippen LogP contribution < -0.4 is 5.32 Å². The highest BCUT2D eigenvalue weighted by Crippen LogP contribution is 2.17. The molecule has 0 fully saturated rings. The molecular formula is C54H103NO4. The van der Waals surface area contributed by atoms with Crippen molar-refractivity contribution in [2.45, 2.75) is 295 Å². The molecular weight excluding hydrogens is 727 g/mol. The molecule has 0 rings (SSSR count). The Labute approximate surface area is 368 Å². The van der Waals surface area contributed by atoms with Crippen LogP contribution in [0.4, 0.5) is 0 Å². The molecule has 5 nitrogen and oxygen atoms in total. The van der Waals surface area contributed by atoms with E-state index in [-0.39, 0.29) is 6.61 Å². The van der Waals surface area contributed by atoms with Gasteiger partial charge in [0, 0.05) is 0 Å². The van der Waals surface area contributed by atoms with Gasteiger partial charge in [-0.15, -0.1) is 0 Å². The molecule has 0 aliphatic carbocycles. The Morgan fingerprint density at radius 3 is 1.07 bits per heavy atom. The lowest BCUT2D eigenvalue weighted by Crippen LogP contribution is -2.48. The maximum Gasteiger partial charge on any atom is 0.249 e. The van der Waals surface area contributed by atoms with Crippen LogP contribution >= 0.6 is 0 Å². The van der Waals surface area contributed by atoms with Gasteiger partial charge in [0.25, 0.3) is 0 Å². The highest BCUT2D eigenvalue weighted by Gasteiger charge is 2.22. The van der Waals surface area contributed by atoms with Crippen molar-refractivity contribution < 1.29 is 20.1 Å². The van der Waals surface area contributed by atoms with E-state index in [4.69, 9.17) is 0 Å². The fourth-order valence-electron chi connectivity index (χ4n) is 8.08. The van der Waals surface area contributed by atoms with Gasteiger partial charge in [-0.2, -0.15) is 0 Å². The summed E-state index contributed by atoms with van der Waals surface area (Å²) in [5.74, 6) is -0.513. The number of hydrogen-bond donors (Lipinski definition) is 4. The third-order valence-corrected chi connectivity index (χ3v) is 12.2. The molecule has 0 aromatic rings. The molecule has 348 valence electrons. The molecule has 3 atom stereocenters. The number of allylic oxidation sites excluding steroid dienone is 5. The summed E-state index contributed by atoms with van der Waals surface area (Å²) in [6.45, 7) is 4.13. The molecule has 0 aromatic carbocycles. The molecule has 1 amide bonds. The van der Waals surface area contributed by atoms with Crippen molar-refractivity contribution in [3.63, 3.8) is 0 Å². The van der Waals surface area contributed by atoms with Gasteiger partial charge in [0.2, 0.25) is 5.91 Å². The number of nitrogens with one attached hydrogen (secondary N) is 1. The molecule has 0 spiro atoms. The topological polar surface area (TPSA) is 89.8 Å². The van der Waals surface area contributed by atoms with Crippen LogP contribution in [-0.2, 0) is 4.79 Å². The number of aliphatic hydroxyl groups excluding tert-OH is 3. The van der Waals surface area contributed by atoms with Crippen LogP contribution in [0.15, 0.2) is 36.5 Å². The average Bonchev–Trinajstić information content (AvgIpc) is 3.24. The molecule has 3 unspecified atom stereocenters. The van der Waals surface area contributed by atoms with Crippen LogP contribution in [0.3, 0.4) is 0 Å². The van der Waals surface area contributed by atoms with Crippen molar-refractivity contribution in [3.8, 4) is 0 Å². The standard InChI is InChI=1S/C54H103NO4/c1-3-5-7-9-11-13-14-15-16-17-18-19-20-21-22-23-24-25-26-27-28-29-30-31-32-33-34-35-36-37-38-39-41-43-45-47-49-53(58)54(59)55-51(50-56)52(57)48-46-44-42-40-12-10-8-6-4-2/h12,25-26,40,46,48,51-53,56-58H,3-11,13-24,27-39,41-45,47,49-50H2,1-2H3,(H,55,59)/b26-25-,40-12+,48-46+. The maximum absolute atomic E-state index is 12.4. The fraction of sp³-hybridized carbons (Fsp3) is 0.870. The van der Waals surface area contributed by atoms with E-state index in [0.29, 0.717) is 6.42 Å². The van der Waals surface area contributed by atoms with E-state index >= 15 is 0 Å². The first-order valence-corrected chi connectivity index (χ1v) is 26.3. The number of carbonyl (C=O) groups is 1. The van der Waals surface area contributed by atoms with Crippen LogP contribution in [0.5, 0.6) is 0 Å². The van der Waals surface area contributed by atoms with Crippen LogP contribution in [0, 0.1) is 0 Å². The summed E-state index contributed by atoms with van der Waals surface area (Å²) in [5, 5.41) is 33.0. The Balaban J connectivity index is 3.44. The number of unbranched alkanes of at least 4 members (excludes halogenated alkanes) is 36. The van der Waals surface area contributed by atoms with Crippen molar-refractivity contribution in [2.75, 3.05) is 6.61 Å². The van der Waals surface area contributed by atoms with E-state index in [2.05, 4.69) is 43.5 Å². The van der Waals surface area contributed by atoms with E-state index < -0.39 is 24.2 Å². The maximum atomic E-state index is 12.4. The minimum absolute atomic E-state index is 0.376. The van der Waals surface area contributed by atoms with Gasteiger partial charge in [-0.1, -0.05) is 256 Å². The number of carbonyl (C=O) groups excluding carboxylic acids is 1. The Kier molecular flexibility index (Phi) is 48.0. The van der Waals surface area contributed by atoms with Crippen molar-refractivity contribution >= 4 is 5.91 Å². The van der Waals surface area contributed by atoms with Gasteiger partial charge in [0.05, 0.1) is 18.8 Å². The van der Waals surface area contributed by atoms with Gasteiger partial charge in [0.15, 0.2) is 0 Å². The minimum atomic E-state index is -1.10.